The molecule has 2 aromatic rings. The molecule has 3 rings (SSSR count). The number of thiazole rings is 2. The highest BCUT2D eigenvalue weighted by molar-refractivity contribution is 7.20. The van der Waals surface area contributed by atoms with Crippen LogP contribution in [-0.4, -0.2) is 16.0 Å². The van der Waals surface area contributed by atoms with E-state index in [4.69, 9.17) is 4.98 Å². The van der Waals surface area contributed by atoms with Gasteiger partial charge in [-0.15, -0.1) is 22.7 Å². The van der Waals surface area contributed by atoms with Crippen LogP contribution in [0.25, 0.3) is 9.88 Å². The molecular weight excluding hydrogens is 262 g/mol. The van der Waals surface area contributed by atoms with Gasteiger partial charge in [-0.3, -0.25) is 4.98 Å². The van der Waals surface area contributed by atoms with Crippen molar-refractivity contribution in [1.82, 2.24) is 15.3 Å². The highest BCUT2D eigenvalue weighted by atomic mass is 32.1. The summed E-state index contributed by atoms with van der Waals surface area (Å²) in [6.45, 7) is 5.31. The molecule has 0 radical (unpaired) electrons. The Kier molecular flexibility index (Phi) is 3.46. The minimum atomic E-state index is 0.519. The molecule has 18 heavy (non-hydrogen) atoms. The van der Waals surface area contributed by atoms with E-state index in [2.05, 4.69) is 24.1 Å². The second kappa shape index (κ2) is 5.07. The lowest BCUT2D eigenvalue weighted by Gasteiger charge is -2.06. The van der Waals surface area contributed by atoms with Gasteiger partial charge in [0.15, 0.2) is 0 Å². The van der Waals surface area contributed by atoms with Crippen molar-refractivity contribution in [3.63, 3.8) is 0 Å². The molecular formula is C13H17N3S2. The third-order valence-electron chi connectivity index (χ3n) is 3.01. The van der Waals surface area contributed by atoms with Gasteiger partial charge in [0.1, 0.15) is 5.01 Å². The Morgan fingerprint density at radius 3 is 2.89 bits per heavy atom. The van der Waals surface area contributed by atoms with Crippen molar-refractivity contribution in [2.75, 3.05) is 0 Å². The maximum atomic E-state index is 4.84. The summed E-state index contributed by atoms with van der Waals surface area (Å²) >= 11 is 3.50. The standard InChI is InChI=1S/C13H17N3S2/c1-8(2)15-6-10-12(9-3-4-9)16-13(18-10)11-5-14-7-17-11/h5,7-9,15H,3-4,6H2,1-2H3. The van der Waals surface area contributed by atoms with E-state index in [1.165, 1.54) is 28.3 Å². The largest absolute Gasteiger partial charge is 0.310 e. The molecule has 96 valence electrons. The lowest BCUT2D eigenvalue weighted by molar-refractivity contribution is 0.590. The van der Waals surface area contributed by atoms with Crippen LogP contribution in [0.2, 0.25) is 0 Å². The van der Waals surface area contributed by atoms with Crippen LogP contribution in [0, 0.1) is 0 Å². The van der Waals surface area contributed by atoms with Crippen LogP contribution < -0.4 is 5.32 Å². The summed E-state index contributed by atoms with van der Waals surface area (Å²) in [6, 6.07) is 0.519. The molecule has 1 saturated carbocycles. The first-order valence-corrected chi connectivity index (χ1v) is 8.05. The molecule has 0 unspecified atom stereocenters. The van der Waals surface area contributed by atoms with Gasteiger partial charge in [-0.05, 0) is 12.8 Å². The summed E-state index contributed by atoms with van der Waals surface area (Å²) in [5.41, 5.74) is 3.20. The Bertz CT molecular complexity index is 512. The SMILES string of the molecule is CC(C)NCc1sc(-c2cncs2)nc1C1CC1. The molecule has 0 atom stereocenters. The van der Waals surface area contributed by atoms with Crippen LogP contribution in [0.3, 0.4) is 0 Å². The Morgan fingerprint density at radius 1 is 1.44 bits per heavy atom. The van der Waals surface area contributed by atoms with Gasteiger partial charge >= 0.3 is 0 Å². The van der Waals surface area contributed by atoms with E-state index in [-0.39, 0.29) is 0 Å². The van der Waals surface area contributed by atoms with E-state index >= 15 is 0 Å². The molecule has 1 fully saturated rings. The van der Waals surface area contributed by atoms with E-state index in [0.29, 0.717) is 12.0 Å². The van der Waals surface area contributed by atoms with Gasteiger partial charge in [-0.25, -0.2) is 4.98 Å². The summed E-state index contributed by atoms with van der Waals surface area (Å²) in [6.07, 6.45) is 4.53. The van der Waals surface area contributed by atoms with Crippen LogP contribution in [0.15, 0.2) is 11.7 Å². The molecule has 1 aliphatic carbocycles. The maximum Gasteiger partial charge on any atom is 0.135 e. The summed E-state index contributed by atoms with van der Waals surface area (Å²) in [5, 5.41) is 4.64. The summed E-state index contributed by atoms with van der Waals surface area (Å²) < 4.78 is 0. The van der Waals surface area contributed by atoms with Crippen molar-refractivity contribution in [3.05, 3.63) is 22.3 Å². The Morgan fingerprint density at radius 2 is 2.28 bits per heavy atom. The lowest BCUT2D eigenvalue weighted by Crippen LogP contribution is -2.21. The monoisotopic (exact) mass is 279 g/mol. The Hall–Kier alpha value is -0.780. The predicted octanol–water partition coefficient (Wildman–Crippen LogP) is 3.64. The van der Waals surface area contributed by atoms with E-state index in [9.17, 15) is 0 Å². The number of rotatable bonds is 5. The van der Waals surface area contributed by atoms with Crippen molar-refractivity contribution in [3.8, 4) is 9.88 Å². The van der Waals surface area contributed by atoms with Crippen molar-refractivity contribution in [1.29, 1.82) is 0 Å². The Labute approximate surface area is 115 Å². The molecule has 0 amide bonds. The highest BCUT2D eigenvalue weighted by Crippen LogP contribution is 2.44. The fraction of sp³-hybridized carbons (Fsp3) is 0.538. The van der Waals surface area contributed by atoms with Crippen LogP contribution in [0.5, 0.6) is 0 Å². The van der Waals surface area contributed by atoms with Crippen molar-refractivity contribution < 1.29 is 0 Å². The molecule has 0 aromatic carbocycles. The lowest BCUT2D eigenvalue weighted by atomic mass is 10.2. The number of nitrogens with one attached hydrogen (secondary N) is 1. The zero-order valence-electron chi connectivity index (χ0n) is 10.6. The van der Waals surface area contributed by atoms with E-state index < -0.39 is 0 Å². The van der Waals surface area contributed by atoms with E-state index in [0.717, 1.165) is 11.6 Å². The van der Waals surface area contributed by atoms with Gasteiger partial charge in [-0.2, -0.15) is 0 Å². The second-order valence-electron chi connectivity index (χ2n) is 5.00. The molecule has 2 aromatic heterocycles. The van der Waals surface area contributed by atoms with Crippen molar-refractivity contribution >= 4 is 22.7 Å². The zero-order chi connectivity index (χ0) is 12.5. The molecule has 0 saturated heterocycles. The number of aromatic nitrogens is 2. The normalized spacial score (nSPS) is 15.5. The summed E-state index contributed by atoms with van der Waals surface area (Å²) in [5.74, 6) is 0.715. The summed E-state index contributed by atoms with van der Waals surface area (Å²) in [4.78, 5) is 11.6. The van der Waals surface area contributed by atoms with Crippen LogP contribution in [0.1, 0.15) is 43.2 Å². The number of nitrogens with zero attached hydrogens (tertiary/aromatic N) is 2. The molecule has 3 nitrogen and oxygen atoms in total. The van der Waals surface area contributed by atoms with Crippen molar-refractivity contribution in [2.24, 2.45) is 0 Å². The van der Waals surface area contributed by atoms with E-state index in [1.807, 2.05) is 23.0 Å². The van der Waals surface area contributed by atoms with Crippen molar-refractivity contribution in [2.45, 2.75) is 45.2 Å². The first-order chi connectivity index (χ1) is 8.74. The minimum Gasteiger partial charge on any atom is -0.310 e. The fourth-order valence-corrected chi connectivity index (χ4v) is 3.67. The maximum absolute atomic E-state index is 4.84. The topological polar surface area (TPSA) is 37.8 Å². The fourth-order valence-electron chi connectivity index (χ4n) is 1.89. The third-order valence-corrected chi connectivity index (χ3v) is 5.02. The van der Waals surface area contributed by atoms with Gasteiger partial charge in [0.25, 0.3) is 0 Å². The van der Waals surface area contributed by atoms with Gasteiger partial charge in [0, 0.05) is 29.6 Å². The summed E-state index contributed by atoms with van der Waals surface area (Å²) in [7, 11) is 0. The second-order valence-corrected chi connectivity index (χ2v) is 6.97. The Balaban J connectivity index is 1.86. The smallest absolute Gasteiger partial charge is 0.135 e. The average Bonchev–Trinajstić information content (AvgIpc) is 2.91. The zero-order valence-corrected chi connectivity index (χ0v) is 12.3. The van der Waals surface area contributed by atoms with Gasteiger partial charge in [0.2, 0.25) is 0 Å². The molecule has 1 N–H and O–H groups in total. The molecule has 5 heteroatoms. The average molecular weight is 279 g/mol. The van der Waals surface area contributed by atoms with Gasteiger partial charge < -0.3 is 5.32 Å². The molecule has 2 heterocycles. The predicted molar refractivity (Wildman–Crippen MR) is 77.2 cm³/mol. The first kappa shape index (κ1) is 12.3. The molecule has 1 aliphatic rings. The quantitative estimate of drug-likeness (QED) is 0.908. The molecule has 0 spiro atoms. The van der Waals surface area contributed by atoms with Crippen LogP contribution in [-0.2, 0) is 6.54 Å². The minimum absolute atomic E-state index is 0.519. The third kappa shape index (κ3) is 2.63. The van der Waals surface area contributed by atoms with Crippen LogP contribution >= 0.6 is 22.7 Å². The highest BCUT2D eigenvalue weighted by Gasteiger charge is 2.29. The first-order valence-electron chi connectivity index (χ1n) is 6.36. The molecule has 0 bridgehead atoms. The van der Waals surface area contributed by atoms with Crippen LogP contribution in [0.4, 0.5) is 0 Å². The van der Waals surface area contributed by atoms with E-state index in [1.54, 1.807) is 11.3 Å². The van der Waals surface area contributed by atoms with Gasteiger partial charge in [0.05, 0.1) is 16.1 Å². The number of hydrogen-bond donors (Lipinski definition) is 1. The number of hydrogen-bond acceptors (Lipinski definition) is 5. The molecule has 0 aliphatic heterocycles. The van der Waals surface area contributed by atoms with Gasteiger partial charge in [-0.1, -0.05) is 13.8 Å².